The van der Waals surface area contributed by atoms with Crippen molar-refractivity contribution >= 4 is 5.97 Å². The van der Waals surface area contributed by atoms with Gasteiger partial charge in [-0.25, -0.2) is 0 Å². The molecule has 4 nitrogen and oxygen atoms in total. The lowest BCUT2D eigenvalue weighted by atomic mass is 10.1. The Bertz CT molecular complexity index is 765. The van der Waals surface area contributed by atoms with Gasteiger partial charge in [0.25, 0.3) is 0 Å². The van der Waals surface area contributed by atoms with Crippen LogP contribution in [-0.4, -0.2) is 25.2 Å². The number of hydrogen-bond donors (Lipinski definition) is 1. The smallest absolute Gasteiger partial charge is 0.305 e. The molecule has 0 bridgehead atoms. The summed E-state index contributed by atoms with van der Waals surface area (Å²) in [5.41, 5.74) is 1.27. The van der Waals surface area contributed by atoms with E-state index in [0.717, 1.165) is 51.0 Å². The van der Waals surface area contributed by atoms with Crippen molar-refractivity contribution in [1.29, 1.82) is 0 Å². The van der Waals surface area contributed by atoms with Gasteiger partial charge in [-0.3, -0.25) is 4.79 Å². The minimum atomic E-state index is -0.153. The Morgan fingerprint density at radius 1 is 0.659 bits per heavy atom. The third-order valence-electron chi connectivity index (χ3n) is 8.62. The molecule has 0 heterocycles. The van der Waals surface area contributed by atoms with Gasteiger partial charge in [-0.1, -0.05) is 179 Å². The highest BCUT2D eigenvalue weighted by molar-refractivity contribution is 5.69. The first-order valence-corrected chi connectivity index (χ1v) is 18.9. The van der Waals surface area contributed by atoms with Crippen LogP contribution in [0.5, 0.6) is 0 Å². The zero-order valence-electron chi connectivity index (χ0n) is 29.2. The number of hydrogen-bond acceptors (Lipinski definition) is 4. The van der Waals surface area contributed by atoms with E-state index in [9.17, 15) is 4.79 Å². The van der Waals surface area contributed by atoms with Crippen LogP contribution in [0.4, 0.5) is 0 Å². The fraction of sp³-hybridized carbons (Fsp3) is 0.775. The van der Waals surface area contributed by atoms with Crippen LogP contribution in [-0.2, 0) is 20.8 Å². The summed E-state index contributed by atoms with van der Waals surface area (Å²) in [4.78, 5) is 12.5. The number of esters is 1. The van der Waals surface area contributed by atoms with Crippen molar-refractivity contribution < 1.29 is 14.3 Å². The first kappa shape index (κ1) is 40.2. The van der Waals surface area contributed by atoms with Gasteiger partial charge >= 0.3 is 5.97 Å². The molecule has 0 saturated heterocycles. The van der Waals surface area contributed by atoms with Gasteiger partial charge in [0.2, 0.25) is 0 Å². The Labute approximate surface area is 273 Å². The Morgan fingerprint density at radius 2 is 1.11 bits per heavy atom. The quantitative estimate of drug-likeness (QED) is 0.0487. The topological polar surface area (TPSA) is 47.6 Å². The number of ether oxygens (including phenoxy) is 2. The highest BCUT2D eigenvalue weighted by Crippen LogP contribution is 2.17. The lowest BCUT2D eigenvalue weighted by Crippen LogP contribution is -2.27. The van der Waals surface area contributed by atoms with Gasteiger partial charge in [-0.05, 0) is 24.9 Å². The molecule has 1 atom stereocenters. The van der Waals surface area contributed by atoms with Crippen LogP contribution in [0.15, 0.2) is 42.7 Å². The number of allylic oxidation sites excluding steroid dienone is 1. The molecule has 1 N–H and O–H groups in total. The molecule has 0 amide bonds. The summed E-state index contributed by atoms with van der Waals surface area (Å²) in [5, 5.41) is 3.51. The average molecular weight is 614 g/mol. The maximum atomic E-state index is 12.5. The van der Waals surface area contributed by atoms with Crippen molar-refractivity contribution in [2.75, 3.05) is 13.2 Å². The molecule has 0 aliphatic carbocycles. The molecule has 0 aliphatic heterocycles. The van der Waals surface area contributed by atoms with Crippen LogP contribution in [0, 0.1) is 0 Å². The first-order valence-electron chi connectivity index (χ1n) is 18.9. The second-order valence-electron chi connectivity index (χ2n) is 13.0. The van der Waals surface area contributed by atoms with Gasteiger partial charge in [-0.15, -0.1) is 0 Å². The van der Waals surface area contributed by atoms with Gasteiger partial charge in [0.05, 0.1) is 5.76 Å². The highest BCUT2D eigenvalue weighted by atomic mass is 16.6. The molecular weight excluding hydrogens is 542 g/mol. The zero-order valence-corrected chi connectivity index (χ0v) is 29.2. The molecule has 44 heavy (non-hydrogen) atoms. The van der Waals surface area contributed by atoms with E-state index >= 15 is 0 Å². The van der Waals surface area contributed by atoms with Crippen LogP contribution >= 0.6 is 0 Å². The van der Waals surface area contributed by atoms with Gasteiger partial charge in [0.15, 0.2) is 0 Å². The molecule has 254 valence electrons. The largest absolute Gasteiger partial charge is 0.492 e. The van der Waals surface area contributed by atoms with Crippen molar-refractivity contribution in [3.8, 4) is 0 Å². The molecule has 0 saturated carbocycles. The van der Waals surface area contributed by atoms with E-state index in [2.05, 4.69) is 50.0 Å². The second kappa shape index (κ2) is 31.2. The summed E-state index contributed by atoms with van der Waals surface area (Å²) in [7, 11) is 0. The normalized spacial score (nSPS) is 11.9. The van der Waals surface area contributed by atoms with Crippen molar-refractivity contribution in [1.82, 2.24) is 5.32 Å². The fourth-order valence-corrected chi connectivity index (χ4v) is 5.74. The third kappa shape index (κ3) is 26.6. The Kier molecular flexibility index (Phi) is 28.5. The van der Waals surface area contributed by atoms with Crippen LogP contribution in [0.25, 0.3) is 0 Å². The van der Waals surface area contributed by atoms with Crippen LogP contribution in [0.1, 0.15) is 180 Å². The third-order valence-corrected chi connectivity index (χ3v) is 8.62. The molecule has 0 fully saturated rings. The van der Waals surface area contributed by atoms with Crippen LogP contribution < -0.4 is 5.32 Å². The number of carbonyl (C=O) groups is 1. The zero-order chi connectivity index (χ0) is 31.8. The van der Waals surface area contributed by atoms with Gasteiger partial charge < -0.3 is 14.8 Å². The lowest BCUT2D eigenvalue weighted by molar-refractivity contribution is -0.147. The number of nitrogens with one attached hydrogen (secondary N) is 1. The Morgan fingerprint density at radius 3 is 1.61 bits per heavy atom. The molecule has 1 rings (SSSR count). The van der Waals surface area contributed by atoms with Crippen LogP contribution in [0.2, 0.25) is 0 Å². The van der Waals surface area contributed by atoms with Crippen molar-refractivity contribution in [2.45, 2.75) is 187 Å². The standard InChI is InChI=1S/C40H71NO3/c1-4-6-8-10-12-14-16-18-20-22-25-29-37(3)44-39(33-34-41-35-38-30-26-24-27-31-38)36-43-40(42)32-28-23-21-19-17-15-13-11-9-7-5-2/h24,26-27,30-31,39,41H,3-23,25,28-29,32-36H2,1-2H3. The second-order valence-corrected chi connectivity index (χ2v) is 13.0. The molecule has 1 aromatic rings. The predicted molar refractivity (Wildman–Crippen MR) is 190 cm³/mol. The molecule has 4 heteroatoms. The highest BCUT2D eigenvalue weighted by Gasteiger charge is 2.15. The van der Waals surface area contributed by atoms with E-state index in [0.29, 0.717) is 13.0 Å². The Balaban J connectivity index is 2.23. The number of benzene rings is 1. The van der Waals surface area contributed by atoms with Gasteiger partial charge in [-0.2, -0.15) is 0 Å². The predicted octanol–water partition coefficient (Wildman–Crippen LogP) is 12.0. The van der Waals surface area contributed by atoms with E-state index in [-0.39, 0.29) is 12.1 Å². The van der Waals surface area contributed by atoms with Gasteiger partial charge in [0.1, 0.15) is 12.7 Å². The molecule has 0 spiro atoms. The molecule has 0 aliphatic rings. The van der Waals surface area contributed by atoms with Gasteiger partial charge in [0, 0.05) is 25.8 Å². The number of unbranched alkanes of at least 4 members (excludes halogenated alkanes) is 20. The van der Waals surface area contributed by atoms with Crippen LogP contribution in [0.3, 0.4) is 0 Å². The summed E-state index contributed by atoms with van der Waals surface area (Å²) in [5.74, 6) is 0.734. The summed E-state index contributed by atoms with van der Waals surface area (Å²) in [6, 6.07) is 10.4. The summed E-state index contributed by atoms with van der Waals surface area (Å²) >= 11 is 0. The van der Waals surface area contributed by atoms with Crippen molar-refractivity contribution in [2.24, 2.45) is 0 Å². The number of carbonyl (C=O) groups excluding carboxylic acids is 1. The molecule has 1 unspecified atom stereocenters. The summed E-state index contributed by atoms with van der Waals surface area (Å²) < 4.78 is 11.9. The van der Waals surface area contributed by atoms with E-state index < -0.39 is 0 Å². The van der Waals surface area contributed by atoms with E-state index in [1.165, 1.54) is 128 Å². The maximum absolute atomic E-state index is 12.5. The minimum absolute atomic E-state index is 0.0947. The lowest BCUT2D eigenvalue weighted by Gasteiger charge is -2.21. The average Bonchev–Trinajstić information content (AvgIpc) is 3.03. The molecular formula is C40H71NO3. The maximum Gasteiger partial charge on any atom is 0.305 e. The van der Waals surface area contributed by atoms with Crippen molar-refractivity contribution in [3.05, 3.63) is 48.2 Å². The fourth-order valence-electron chi connectivity index (χ4n) is 5.74. The van der Waals surface area contributed by atoms with Crippen molar-refractivity contribution in [3.63, 3.8) is 0 Å². The summed E-state index contributed by atoms with van der Waals surface area (Å²) in [6.07, 6.45) is 30.8. The molecule has 1 aromatic carbocycles. The van der Waals surface area contributed by atoms with E-state index in [4.69, 9.17) is 9.47 Å². The molecule has 0 aromatic heterocycles. The first-order chi connectivity index (χ1) is 21.7. The van der Waals surface area contributed by atoms with E-state index in [1.807, 2.05) is 6.07 Å². The minimum Gasteiger partial charge on any atom is -0.492 e. The Hall–Kier alpha value is -1.81. The molecule has 0 radical (unpaired) electrons. The monoisotopic (exact) mass is 614 g/mol. The van der Waals surface area contributed by atoms with E-state index in [1.54, 1.807) is 0 Å². The summed E-state index contributed by atoms with van der Waals surface area (Å²) in [6.45, 7) is 10.7. The number of rotatable bonds is 33. The SMILES string of the molecule is C=C(CCCCCCCCCCCCC)OC(CCNCc1ccccc1)COC(=O)CCCCCCCCCCCCC.